The second-order valence-corrected chi connectivity index (χ2v) is 4.97. The molecule has 0 rings (SSSR count). The first-order valence-electron chi connectivity index (χ1n) is 6.29. The van der Waals surface area contributed by atoms with E-state index in [-0.39, 0.29) is 0 Å². The van der Waals surface area contributed by atoms with Crippen molar-refractivity contribution in [2.45, 2.75) is 58.3 Å². The summed E-state index contributed by atoms with van der Waals surface area (Å²) < 4.78 is 1.31. The van der Waals surface area contributed by atoms with Gasteiger partial charge in [-0.15, -0.1) is 0 Å². The van der Waals surface area contributed by atoms with Crippen LogP contribution in [-0.4, -0.2) is 4.43 Å². The molecule has 1 heteroatoms. The number of rotatable bonds is 10. The largest absolute Gasteiger partial charge is 0.0864 e. The maximum atomic E-state index is 2.45. The molecule has 0 N–H and O–H groups in total. The van der Waals surface area contributed by atoms with E-state index in [4.69, 9.17) is 0 Å². The third-order valence-corrected chi connectivity index (χ3v) is 3.12. The van der Waals surface area contributed by atoms with Crippen molar-refractivity contribution in [2.75, 3.05) is 4.43 Å². The van der Waals surface area contributed by atoms with E-state index in [1.807, 2.05) is 0 Å². The van der Waals surface area contributed by atoms with Crippen LogP contribution in [0.5, 0.6) is 0 Å². The van der Waals surface area contributed by atoms with E-state index in [9.17, 15) is 0 Å². The highest BCUT2D eigenvalue weighted by atomic mass is 127. The zero-order valence-electron chi connectivity index (χ0n) is 10.1. The summed E-state index contributed by atoms with van der Waals surface area (Å²) in [4.78, 5) is 0. The molecule has 0 aliphatic carbocycles. The molecule has 0 saturated carbocycles. The molecule has 0 aliphatic heterocycles. The first-order valence-corrected chi connectivity index (χ1v) is 7.82. The minimum atomic E-state index is 1.23. The molecule has 0 unspecified atom stereocenters. The van der Waals surface area contributed by atoms with Gasteiger partial charge in [-0.3, -0.25) is 0 Å². The fourth-order valence-corrected chi connectivity index (χ4v) is 1.92. The predicted octanol–water partition coefficient (Wildman–Crippen LogP) is 5.67. The van der Waals surface area contributed by atoms with Crippen LogP contribution in [-0.2, 0) is 0 Å². The Morgan fingerprint density at radius 3 is 2.00 bits per heavy atom. The van der Waals surface area contributed by atoms with Gasteiger partial charge in [0, 0.05) is 0 Å². The van der Waals surface area contributed by atoms with Crippen LogP contribution >= 0.6 is 22.6 Å². The van der Waals surface area contributed by atoms with Crippen molar-refractivity contribution in [3.63, 3.8) is 0 Å². The summed E-state index contributed by atoms with van der Waals surface area (Å²) in [5, 5.41) is 0. The Morgan fingerprint density at radius 1 is 0.800 bits per heavy atom. The zero-order chi connectivity index (χ0) is 11.2. The van der Waals surface area contributed by atoms with Gasteiger partial charge in [0.2, 0.25) is 0 Å². The summed E-state index contributed by atoms with van der Waals surface area (Å²) in [6.45, 7) is 2.24. The molecule has 0 bridgehead atoms. The number of alkyl halides is 1. The van der Waals surface area contributed by atoms with Gasteiger partial charge in [-0.2, -0.15) is 0 Å². The van der Waals surface area contributed by atoms with Gasteiger partial charge in [0.1, 0.15) is 0 Å². The van der Waals surface area contributed by atoms with Crippen LogP contribution in [0.1, 0.15) is 58.3 Å². The lowest BCUT2D eigenvalue weighted by Crippen LogP contribution is -1.77. The standard InChI is InChI=1S/C14H25I/c1-2-3-4-5-6-7-8-9-10-11-12-13-14-15/h5-8H,2-4,9-14H2,1H3/b6-5+,8-7+. The Balaban J connectivity index is 3.13. The normalized spacial score (nSPS) is 11.9. The van der Waals surface area contributed by atoms with Crippen LogP contribution in [0.4, 0.5) is 0 Å². The molecule has 0 atom stereocenters. The van der Waals surface area contributed by atoms with Gasteiger partial charge in [-0.05, 0) is 30.1 Å². The summed E-state index contributed by atoms with van der Waals surface area (Å²) in [6.07, 6.45) is 19.6. The second kappa shape index (κ2) is 14.2. The summed E-state index contributed by atoms with van der Waals surface area (Å²) >= 11 is 2.45. The zero-order valence-corrected chi connectivity index (χ0v) is 12.2. The van der Waals surface area contributed by atoms with Crippen LogP contribution in [0.3, 0.4) is 0 Å². The van der Waals surface area contributed by atoms with E-state index in [2.05, 4.69) is 53.8 Å². The number of unbranched alkanes of at least 4 members (excludes halogenated alkanes) is 6. The molecule has 0 fully saturated rings. The SMILES string of the molecule is CCCC/C=C/C=C/CCCCCCI. The fourth-order valence-electron chi connectivity index (χ4n) is 1.38. The molecule has 0 heterocycles. The topological polar surface area (TPSA) is 0 Å². The van der Waals surface area contributed by atoms with E-state index < -0.39 is 0 Å². The lowest BCUT2D eigenvalue weighted by molar-refractivity contribution is 0.681. The van der Waals surface area contributed by atoms with Crippen molar-refractivity contribution >= 4 is 22.6 Å². The molecule has 0 spiro atoms. The number of halogens is 1. The highest BCUT2D eigenvalue weighted by Crippen LogP contribution is 2.05. The number of hydrogen-bond acceptors (Lipinski definition) is 0. The minimum absolute atomic E-state index is 1.23. The molecule has 0 aliphatic rings. The Kier molecular flexibility index (Phi) is 14.4. The number of allylic oxidation sites excluding steroid dienone is 4. The molecule has 0 aromatic rings. The lowest BCUT2D eigenvalue weighted by Gasteiger charge is -1.94. The lowest BCUT2D eigenvalue weighted by atomic mass is 10.1. The van der Waals surface area contributed by atoms with E-state index in [0.717, 1.165) is 0 Å². The van der Waals surface area contributed by atoms with Gasteiger partial charge in [0.05, 0.1) is 0 Å². The average molecular weight is 320 g/mol. The van der Waals surface area contributed by atoms with Gasteiger partial charge < -0.3 is 0 Å². The summed E-state index contributed by atoms with van der Waals surface area (Å²) in [7, 11) is 0. The van der Waals surface area contributed by atoms with Crippen LogP contribution in [0.2, 0.25) is 0 Å². The van der Waals surface area contributed by atoms with Crippen LogP contribution < -0.4 is 0 Å². The highest BCUT2D eigenvalue weighted by Gasteiger charge is 1.86. The van der Waals surface area contributed by atoms with E-state index in [1.54, 1.807) is 0 Å². The highest BCUT2D eigenvalue weighted by molar-refractivity contribution is 14.1. The van der Waals surface area contributed by atoms with Gasteiger partial charge in [0.15, 0.2) is 0 Å². The molecule has 15 heavy (non-hydrogen) atoms. The van der Waals surface area contributed by atoms with Crippen molar-refractivity contribution in [1.29, 1.82) is 0 Å². The van der Waals surface area contributed by atoms with Gasteiger partial charge in [-0.1, -0.05) is 79.5 Å². The third-order valence-electron chi connectivity index (χ3n) is 2.36. The predicted molar refractivity (Wildman–Crippen MR) is 79.8 cm³/mol. The smallest absolute Gasteiger partial charge is 0.000473 e. The van der Waals surface area contributed by atoms with Crippen molar-refractivity contribution in [2.24, 2.45) is 0 Å². The molecule has 0 amide bonds. The van der Waals surface area contributed by atoms with Crippen molar-refractivity contribution in [3.8, 4) is 0 Å². The quantitative estimate of drug-likeness (QED) is 0.210. The second-order valence-electron chi connectivity index (χ2n) is 3.89. The van der Waals surface area contributed by atoms with Crippen molar-refractivity contribution in [1.82, 2.24) is 0 Å². The fraction of sp³-hybridized carbons (Fsp3) is 0.714. The molecule has 88 valence electrons. The first kappa shape index (κ1) is 15.2. The first-order chi connectivity index (χ1) is 7.41. The van der Waals surface area contributed by atoms with Crippen LogP contribution in [0.15, 0.2) is 24.3 Å². The minimum Gasteiger partial charge on any atom is -0.0864 e. The Bertz CT molecular complexity index is 159. The molecule has 0 radical (unpaired) electrons. The van der Waals surface area contributed by atoms with E-state index in [1.165, 1.54) is 55.8 Å². The Labute approximate surface area is 109 Å². The van der Waals surface area contributed by atoms with E-state index >= 15 is 0 Å². The van der Waals surface area contributed by atoms with Crippen molar-refractivity contribution in [3.05, 3.63) is 24.3 Å². The molecule has 0 aromatic heterocycles. The third kappa shape index (κ3) is 14.2. The summed E-state index contributed by atoms with van der Waals surface area (Å²) in [5.74, 6) is 0. The maximum absolute atomic E-state index is 2.45. The van der Waals surface area contributed by atoms with Gasteiger partial charge in [0.25, 0.3) is 0 Å². The van der Waals surface area contributed by atoms with Crippen LogP contribution in [0.25, 0.3) is 0 Å². The van der Waals surface area contributed by atoms with E-state index in [0.29, 0.717) is 0 Å². The number of hydrogen-bond donors (Lipinski definition) is 0. The molecule has 0 saturated heterocycles. The summed E-state index contributed by atoms with van der Waals surface area (Å²) in [6, 6.07) is 0. The molecule has 0 aromatic carbocycles. The summed E-state index contributed by atoms with van der Waals surface area (Å²) in [5.41, 5.74) is 0. The molecular weight excluding hydrogens is 295 g/mol. The molecule has 0 nitrogen and oxygen atoms in total. The van der Waals surface area contributed by atoms with Crippen LogP contribution in [0, 0.1) is 0 Å². The van der Waals surface area contributed by atoms with Crippen molar-refractivity contribution < 1.29 is 0 Å². The van der Waals surface area contributed by atoms with Gasteiger partial charge >= 0.3 is 0 Å². The average Bonchev–Trinajstić information content (AvgIpc) is 2.26. The maximum Gasteiger partial charge on any atom is -0.000473 e. The van der Waals surface area contributed by atoms with Gasteiger partial charge in [-0.25, -0.2) is 0 Å². The monoisotopic (exact) mass is 320 g/mol. The molecular formula is C14H25I. The Morgan fingerprint density at radius 2 is 1.40 bits per heavy atom. The Hall–Kier alpha value is 0.210.